The molecule has 0 radical (unpaired) electrons. The largest absolute Gasteiger partial charge is 0.378 e. The molecule has 0 aromatic carbocycles. The zero-order valence-electron chi connectivity index (χ0n) is 7.48. The van der Waals surface area contributed by atoms with Crippen molar-refractivity contribution in [3.63, 3.8) is 0 Å². The Morgan fingerprint density at radius 2 is 2.20 bits per heavy atom. The van der Waals surface area contributed by atoms with Crippen LogP contribution in [0.15, 0.2) is 6.07 Å². The van der Waals surface area contributed by atoms with Gasteiger partial charge in [-0.2, -0.15) is 0 Å². The number of nitro groups is 1. The lowest BCUT2D eigenvalue weighted by molar-refractivity contribution is -0.384. The number of hydrogen-bond acceptors (Lipinski definition) is 5. The first-order chi connectivity index (χ1) is 6.97. The van der Waals surface area contributed by atoms with Gasteiger partial charge in [0.2, 0.25) is 5.82 Å². The molecule has 4 N–H and O–H groups in total. The van der Waals surface area contributed by atoms with Gasteiger partial charge in [0.15, 0.2) is 0 Å². The average Bonchev–Trinajstić information content (AvgIpc) is 2.15. The molecule has 1 rings (SSSR count). The molecule has 0 aliphatic heterocycles. The fourth-order valence-corrected chi connectivity index (χ4v) is 1.11. The maximum Gasteiger partial charge on any atom is 0.315 e. The van der Waals surface area contributed by atoms with Crippen molar-refractivity contribution < 1.29 is 13.7 Å². The van der Waals surface area contributed by atoms with Gasteiger partial charge >= 0.3 is 5.69 Å². The van der Waals surface area contributed by atoms with E-state index in [1.807, 2.05) is 0 Å². The summed E-state index contributed by atoms with van der Waals surface area (Å²) in [7, 11) is 0. The van der Waals surface area contributed by atoms with Crippen LogP contribution in [0.4, 0.5) is 20.3 Å². The van der Waals surface area contributed by atoms with Crippen molar-refractivity contribution in [2.75, 3.05) is 5.73 Å². The summed E-state index contributed by atoms with van der Waals surface area (Å²) in [6.07, 6.45) is -2.83. The van der Waals surface area contributed by atoms with E-state index in [1.165, 1.54) is 0 Å². The van der Waals surface area contributed by atoms with Crippen LogP contribution in [0.25, 0.3) is 0 Å². The van der Waals surface area contributed by atoms with Gasteiger partial charge in [-0.3, -0.25) is 10.1 Å². The minimum Gasteiger partial charge on any atom is -0.378 e. The van der Waals surface area contributed by atoms with Crippen LogP contribution in [0.1, 0.15) is 17.7 Å². The molecule has 0 saturated carbocycles. The van der Waals surface area contributed by atoms with Gasteiger partial charge in [-0.25, -0.2) is 13.8 Å². The molecule has 8 heteroatoms. The highest BCUT2D eigenvalue weighted by Crippen LogP contribution is 2.28. The number of anilines is 1. The van der Waals surface area contributed by atoms with Crippen molar-refractivity contribution in [1.82, 2.24) is 4.98 Å². The smallest absolute Gasteiger partial charge is 0.315 e. The highest BCUT2D eigenvalue weighted by molar-refractivity contribution is 5.58. The zero-order chi connectivity index (χ0) is 11.6. The molecule has 1 aromatic rings. The molecule has 0 unspecified atom stereocenters. The molecule has 0 atom stereocenters. The molecule has 0 aliphatic carbocycles. The van der Waals surface area contributed by atoms with Crippen molar-refractivity contribution >= 4 is 11.5 Å². The van der Waals surface area contributed by atoms with E-state index >= 15 is 0 Å². The Morgan fingerprint density at radius 3 is 2.60 bits per heavy atom. The lowest BCUT2D eigenvalue weighted by Crippen LogP contribution is -2.08. The second kappa shape index (κ2) is 4.13. The number of nitrogens with zero attached hydrogens (tertiary/aromatic N) is 2. The van der Waals surface area contributed by atoms with Gasteiger partial charge in [0.25, 0.3) is 6.43 Å². The van der Waals surface area contributed by atoms with Crippen LogP contribution in [-0.4, -0.2) is 9.91 Å². The van der Waals surface area contributed by atoms with E-state index in [0.29, 0.717) is 0 Å². The SMILES string of the molecule is NCc1cc(C(F)F)nc(N)c1[N+](=O)[O-]. The van der Waals surface area contributed by atoms with Gasteiger partial charge in [-0.05, 0) is 6.07 Å². The number of alkyl halides is 2. The summed E-state index contributed by atoms with van der Waals surface area (Å²) in [5.74, 6) is -0.543. The lowest BCUT2D eigenvalue weighted by atomic mass is 10.2. The Kier molecular flexibility index (Phi) is 3.10. The van der Waals surface area contributed by atoms with E-state index in [9.17, 15) is 18.9 Å². The van der Waals surface area contributed by atoms with E-state index in [2.05, 4.69) is 4.98 Å². The molecular formula is C7H8F2N4O2. The molecule has 0 saturated heterocycles. The molecule has 0 spiro atoms. The van der Waals surface area contributed by atoms with Gasteiger partial charge in [0, 0.05) is 12.1 Å². The van der Waals surface area contributed by atoms with Crippen molar-refractivity contribution in [1.29, 1.82) is 0 Å². The second-order valence-electron chi connectivity index (χ2n) is 2.70. The van der Waals surface area contributed by atoms with Crippen molar-refractivity contribution in [3.05, 3.63) is 27.4 Å². The van der Waals surface area contributed by atoms with E-state index < -0.39 is 28.5 Å². The molecule has 82 valence electrons. The molecular weight excluding hydrogens is 210 g/mol. The first-order valence-corrected chi connectivity index (χ1v) is 3.89. The Morgan fingerprint density at radius 1 is 1.60 bits per heavy atom. The van der Waals surface area contributed by atoms with Crippen molar-refractivity contribution in [3.8, 4) is 0 Å². The average molecular weight is 218 g/mol. The van der Waals surface area contributed by atoms with Crippen molar-refractivity contribution in [2.45, 2.75) is 13.0 Å². The summed E-state index contributed by atoms with van der Waals surface area (Å²) in [6, 6.07) is 0.888. The lowest BCUT2D eigenvalue weighted by Gasteiger charge is -2.05. The van der Waals surface area contributed by atoms with Crippen LogP contribution in [0.3, 0.4) is 0 Å². The van der Waals surface area contributed by atoms with Gasteiger partial charge in [0.1, 0.15) is 5.69 Å². The number of pyridine rings is 1. The van der Waals surface area contributed by atoms with E-state index in [-0.39, 0.29) is 12.1 Å². The van der Waals surface area contributed by atoms with Crippen LogP contribution >= 0.6 is 0 Å². The second-order valence-corrected chi connectivity index (χ2v) is 2.70. The Labute approximate surface area is 83.0 Å². The van der Waals surface area contributed by atoms with Gasteiger partial charge in [-0.1, -0.05) is 0 Å². The Bertz CT molecular complexity index is 397. The zero-order valence-corrected chi connectivity index (χ0v) is 7.48. The van der Waals surface area contributed by atoms with Crippen molar-refractivity contribution in [2.24, 2.45) is 5.73 Å². The predicted octanol–water partition coefficient (Wildman–Crippen LogP) is 0.968. The third-order valence-electron chi connectivity index (χ3n) is 1.74. The number of halogens is 2. The Hall–Kier alpha value is -1.83. The molecule has 1 aromatic heterocycles. The van der Waals surface area contributed by atoms with Gasteiger partial charge in [0.05, 0.1) is 4.92 Å². The number of nitrogen functional groups attached to an aromatic ring is 1. The van der Waals surface area contributed by atoms with Gasteiger partial charge < -0.3 is 11.5 Å². The molecule has 0 bridgehead atoms. The van der Waals surface area contributed by atoms with Crippen LogP contribution in [0.2, 0.25) is 0 Å². The predicted molar refractivity (Wildman–Crippen MR) is 48.2 cm³/mol. The first kappa shape index (κ1) is 11.2. The molecule has 0 amide bonds. The van der Waals surface area contributed by atoms with Crippen LogP contribution in [-0.2, 0) is 6.54 Å². The fourth-order valence-electron chi connectivity index (χ4n) is 1.11. The summed E-state index contributed by atoms with van der Waals surface area (Å²) in [6.45, 7) is -0.247. The highest BCUT2D eigenvalue weighted by Gasteiger charge is 2.22. The first-order valence-electron chi connectivity index (χ1n) is 3.89. The van der Waals surface area contributed by atoms with Gasteiger partial charge in [-0.15, -0.1) is 0 Å². The number of nitrogens with two attached hydrogens (primary N) is 2. The Balaban J connectivity index is 3.37. The summed E-state index contributed by atoms with van der Waals surface area (Å²) < 4.78 is 24.5. The molecule has 0 aliphatic rings. The van der Waals surface area contributed by atoms with E-state index in [4.69, 9.17) is 11.5 Å². The normalized spacial score (nSPS) is 10.7. The summed E-state index contributed by atoms with van der Waals surface area (Å²) >= 11 is 0. The quantitative estimate of drug-likeness (QED) is 0.580. The number of aromatic nitrogens is 1. The minimum atomic E-state index is -2.83. The molecule has 1 heterocycles. The molecule has 0 fully saturated rings. The highest BCUT2D eigenvalue weighted by atomic mass is 19.3. The van der Waals surface area contributed by atoms with Crippen LogP contribution < -0.4 is 11.5 Å². The topological polar surface area (TPSA) is 108 Å². The molecule has 6 nitrogen and oxygen atoms in total. The van der Waals surface area contributed by atoms with Crippen LogP contribution in [0, 0.1) is 10.1 Å². The fraction of sp³-hybridized carbons (Fsp3) is 0.286. The standard InChI is InChI=1S/C7H8F2N4O2/c8-6(9)4-1-3(2-10)5(13(14)15)7(11)12-4/h1,6H,2,10H2,(H2,11,12). The van der Waals surface area contributed by atoms with E-state index in [0.717, 1.165) is 6.07 Å². The number of hydrogen-bond donors (Lipinski definition) is 2. The monoisotopic (exact) mass is 218 g/mol. The minimum absolute atomic E-state index is 0.0530. The third-order valence-corrected chi connectivity index (χ3v) is 1.74. The summed E-state index contributed by atoms with van der Waals surface area (Å²) in [4.78, 5) is 13.0. The maximum absolute atomic E-state index is 12.3. The third kappa shape index (κ3) is 2.15. The molecule has 15 heavy (non-hydrogen) atoms. The summed E-state index contributed by atoms with van der Waals surface area (Å²) in [5.41, 5.74) is 9.21. The summed E-state index contributed by atoms with van der Waals surface area (Å²) in [5, 5.41) is 10.5. The van der Waals surface area contributed by atoms with Crippen LogP contribution in [0.5, 0.6) is 0 Å². The van der Waals surface area contributed by atoms with E-state index in [1.54, 1.807) is 0 Å². The number of rotatable bonds is 3. The maximum atomic E-state index is 12.3.